The van der Waals surface area contributed by atoms with E-state index >= 15 is 0 Å². The summed E-state index contributed by atoms with van der Waals surface area (Å²) in [5.41, 5.74) is -0.153. The standard InChI is InChI=1S/C16H15FN2O3/c17-12-6-10-14(20)11(16(21)22)7-19(9-4-5-9)15(10)18-13(12)8-2-1-3-8/h6-9H,1-5H2,(H,21,22). The van der Waals surface area contributed by atoms with Gasteiger partial charge in [0.05, 0.1) is 11.1 Å². The molecule has 0 radical (unpaired) electrons. The van der Waals surface area contributed by atoms with E-state index in [-0.39, 0.29) is 22.9 Å². The van der Waals surface area contributed by atoms with Crippen LogP contribution in [-0.2, 0) is 0 Å². The summed E-state index contributed by atoms with van der Waals surface area (Å²) in [5, 5.41) is 9.25. The van der Waals surface area contributed by atoms with Crippen LogP contribution in [0.15, 0.2) is 17.1 Å². The molecule has 1 N–H and O–H groups in total. The monoisotopic (exact) mass is 302 g/mol. The van der Waals surface area contributed by atoms with Gasteiger partial charge in [-0.15, -0.1) is 0 Å². The van der Waals surface area contributed by atoms with E-state index in [0.29, 0.717) is 11.3 Å². The fraction of sp³-hybridized carbons (Fsp3) is 0.438. The molecule has 2 aromatic heterocycles. The number of carboxylic acid groups (broad SMARTS) is 1. The highest BCUT2D eigenvalue weighted by Gasteiger charge is 2.30. The predicted octanol–water partition coefficient (Wildman–Crippen LogP) is 2.84. The molecule has 5 nitrogen and oxygen atoms in total. The summed E-state index contributed by atoms with van der Waals surface area (Å²) in [6.07, 6.45) is 6.10. The SMILES string of the molecule is O=C(O)c1cn(C2CC2)c2nc(C3CCC3)c(F)cc2c1=O. The van der Waals surface area contributed by atoms with Crippen LogP contribution in [0.2, 0.25) is 0 Å². The lowest BCUT2D eigenvalue weighted by Gasteiger charge is -2.25. The summed E-state index contributed by atoms with van der Waals surface area (Å²) >= 11 is 0. The molecule has 2 heterocycles. The van der Waals surface area contributed by atoms with Crippen LogP contribution in [0.3, 0.4) is 0 Å². The van der Waals surface area contributed by atoms with Crippen molar-refractivity contribution in [3.63, 3.8) is 0 Å². The lowest BCUT2D eigenvalue weighted by Crippen LogP contribution is -2.21. The van der Waals surface area contributed by atoms with Gasteiger partial charge in [-0.25, -0.2) is 14.2 Å². The first-order valence-electron chi connectivity index (χ1n) is 7.55. The Balaban J connectivity index is 2.02. The van der Waals surface area contributed by atoms with E-state index < -0.39 is 17.2 Å². The summed E-state index contributed by atoms with van der Waals surface area (Å²) in [4.78, 5) is 27.9. The summed E-state index contributed by atoms with van der Waals surface area (Å²) in [7, 11) is 0. The van der Waals surface area contributed by atoms with Crippen LogP contribution in [0, 0.1) is 5.82 Å². The second kappa shape index (κ2) is 4.63. The third-order valence-electron chi connectivity index (χ3n) is 4.65. The Kier molecular flexibility index (Phi) is 2.82. The maximum Gasteiger partial charge on any atom is 0.341 e. The molecule has 114 valence electrons. The van der Waals surface area contributed by atoms with Crippen LogP contribution >= 0.6 is 0 Å². The molecule has 0 unspecified atom stereocenters. The van der Waals surface area contributed by atoms with Crippen molar-refractivity contribution in [2.45, 2.75) is 44.1 Å². The average molecular weight is 302 g/mol. The van der Waals surface area contributed by atoms with Gasteiger partial charge < -0.3 is 9.67 Å². The highest BCUT2D eigenvalue weighted by molar-refractivity contribution is 5.91. The number of carbonyl (C=O) groups is 1. The van der Waals surface area contributed by atoms with Gasteiger partial charge in [-0.3, -0.25) is 4.79 Å². The Morgan fingerprint density at radius 2 is 2.05 bits per heavy atom. The number of rotatable bonds is 3. The molecule has 0 amide bonds. The van der Waals surface area contributed by atoms with Crippen molar-refractivity contribution in [3.05, 3.63) is 39.6 Å². The molecule has 22 heavy (non-hydrogen) atoms. The number of nitrogens with zero attached hydrogens (tertiary/aromatic N) is 2. The van der Waals surface area contributed by atoms with Crippen LogP contribution < -0.4 is 5.43 Å². The molecule has 0 saturated heterocycles. The van der Waals surface area contributed by atoms with Crippen molar-refractivity contribution in [2.24, 2.45) is 0 Å². The van der Waals surface area contributed by atoms with E-state index in [0.717, 1.165) is 32.1 Å². The molecule has 6 heteroatoms. The third kappa shape index (κ3) is 1.94. The molecule has 2 aliphatic rings. The third-order valence-corrected chi connectivity index (χ3v) is 4.65. The normalized spacial score (nSPS) is 18.4. The molecule has 4 rings (SSSR count). The van der Waals surface area contributed by atoms with Gasteiger partial charge >= 0.3 is 5.97 Å². The van der Waals surface area contributed by atoms with Gasteiger partial charge in [-0.05, 0) is 31.7 Å². The van der Waals surface area contributed by atoms with E-state index in [9.17, 15) is 19.1 Å². The molecule has 2 fully saturated rings. The zero-order valence-corrected chi connectivity index (χ0v) is 11.9. The van der Waals surface area contributed by atoms with Gasteiger partial charge in [0.15, 0.2) is 0 Å². The van der Waals surface area contributed by atoms with Gasteiger partial charge in [0.25, 0.3) is 0 Å². The number of halogens is 1. The van der Waals surface area contributed by atoms with E-state index in [1.54, 1.807) is 4.57 Å². The van der Waals surface area contributed by atoms with Crippen molar-refractivity contribution in [1.29, 1.82) is 0 Å². The molecule has 0 aliphatic heterocycles. The van der Waals surface area contributed by atoms with Crippen LogP contribution in [0.5, 0.6) is 0 Å². The number of hydrogen-bond donors (Lipinski definition) is 1. The highest BCUT2D eigenvalue weighted by Crippen LogP contribution is 2.39. The van der Waals surface area contributed by atoms with Crippen molar-refractivity contribution >= 4 is 17.0 Å². The second-order valence-electron chi connectivity index (χ2n) is 6.17. The quantitative estimate of drug-likeness (QED) is 0.946. The van der Waals surface area contributed by atoms with Gasteiger partial charge in [0.1, 0.15) is 17.0 Å². The Morgan fingerprint density at radius 3 is 2.59 bits per heavy atom. The van der Waals surface area contributed by atoms with E-state index in [1.165, 1.54) is 12.3 Å². The Hall–Kier alpha value is -2.24. The number of carboxylic acids is 1. The van der Waals surface area contributed by atoms with Crippen molar-refractivity contribution in [3.8, 4) is 0 Å². The van der Waals surface area contributed by atoms with Crippen LogP contribution in [0.25, 0.3) is 11.0 Å². The fourth-order valence-electron chi connectivity index (χ4n) is 3.01. The molecule has 2 aromatic rings. The lowest BCUT2D eigenvalue weighted by molar-refractivity contribution is 0.0695. The summed E-state index contributed by atoms with van der Waals surface area (Å²) < 4.78 is 16.0. The van der Waals surface area contributed by atoms with Gasteiger partial charge in [0.2, 0.25) is 5.43 Å². The van der Waals surface area contributed by atoms with Gasteiger partial charge in [-0.2, -0.15) is 0 Å². The molecule has 2 aliphatic carbocycles. The Morgan fingerprint density at radius 1 is 1.32 bits per heavy atom. The average Bonchev–Trinajstić information content (AvgIpc) is 3.23. The molecule has 0 aromatic carbocycles. The van der Waals surface area contributed by atoms with Gasteiger partial charge in [-0.1, -0.05) is 6.42 Å². The van der Waals surface area contributed by atoms with Crippen LogP contribution in [0.1, 0.15) is 60.1 Å². The number of aromatic nitrogens is 2. The zero-order valence-electron chi connectivity index (χ0n) is 11.9. The van der Waals surface area contributed by atoms with E-state index in [2.05, 4.69) is 4.98 Å². The van der Waals surface area contributed by atoms with E-state index in [1.807, 2.05) is 0 Å². The molecule has 0 spiro atoms. The lowest BCUT2D eigenvalue weighted by atomic mass is 9.82. The summed E-state index contributed by atoms with van der Waals surface area (Å²) in [6, 6.07) is 1.33. The number of pyridine rings is 2. The second-order valence-corrected chi connectivity index (χ2v) is 6.17. The molecular formula is C16H15FN2O3. The smallest absolute Gasteiger partial charge is 0.341 e. The minimum atomic E-state index is -1.29. The topological polar surface area (TPSA) is 72.2 Å². The minimum absolute atomic E-state index is 0.0624. The van der Waals surface area contributed by atoms with E-state index in [4.69, 9.17) is 0 Å². The van der Waals surface area contributed by atoms with Crippen LogP contribution in [0.4, 0.5) is 4.39 Å². The first kappa shape index (κ1) is 13.4. The number of hydrogen-bond acceptors (Lipinski definition) is 3. The van der Waals surface area contributed by atoms with Crippen molar-refractivity contribution in [1.82, 2.24) is 9.55 Å². The predicted molar refractivity (Wildman–Crippen MR) is 77.8 cm³/mol. The molecule has 0 atom stereocenters. The number of fused-ring (bicyclic) bond motifs is 1. The zero-order chi connectivity index (χ0) is 15.4. The molecular weight excluding hydrogens is 287 g/mol. The molecule has 0 bridgehead atoms. The largest absolute Gasteiger partial charge is 0.477 e. The molecule has 2 saturated carbocycles. The Labute approximate surface area is 125 Å². The maximum atomic E-state index is 14.3. The van der Waals surface area contributed by atoms with Crippen molar-refractivity contribution in [2.75, 3.05) is 0 Å². The van der Waals surface area contributed by atoms with Gasteiger partial charge in [0, 0.05) is 18.2 Å². The maximum absolute atomic E-state index is 14.3. The number of aromatic carboxylic acids is 1. The first-order valence-corrected chi connectivity index (χ1v) is 7.55. The summed E-state index contributed by atoms with van der Waals surface area (Å²) in [6.45, 7) is 0. The fourth-order valence-corrected chi connectivity index (χ4v) is 3.01. The first-order chi connectivity index (χ1) is 10.6. The highest BCUT2D eigenvalue weighted by atomic mass is 19.1. The Bertz CT molecular complexity index is 851. The van der Waals surface area contributed by atoms with Crippen molar-refractivity contribution < 1.29 is 14.3 Å². The summed E-state index contributed by atoms with van der Waals surface area (Å²) in [5.74, 6) is -1.67. The van der Waals surface area contributed by atoms with Crippen LogP contribution in [-0.4, -0.2) is 20.6 Å². The minimum Gasteiger partial charge on any atom is -0.477 e.